The summed E-state index contributed by atoms with van der Waals surface area (Å²) in [7, 11) is 1.31. The smallest absolute Gasteiger partial charge is 0.417 e. The lowest BCUT2D eigenvalue weighted by Crippen LogP contribution is -2.34. The molecule has 1 saturated heterocycles. The summed E-state index contributed by atoms with van der Waals surface area (Å²) >= 11 is 6.20. The van der Waals surface area contributed by atoms with E-state index in [1.54, 1.807) is 11.8 Å². The van der Waals surface area contributed by atoms with E-state index in [2.05, 4.69) is 10.1 Å². The first kappa shape index (κ1) is 20.1. The van der Waals surface area contributed by atoms with Gasteiger partial charge in [0.25, 0.3) is 5.56 Å². The minimum Gasteiger partial charge on any atom is -0.469 e. The Hall–Kier alpha value is -2.62. The fourth-order valence-electron chi connectivity index (χ4n) is 3.07. The van der Waals surface area contributed by atoms with Crippen LogP contribution < -0.4 is 10.5 Å². The highest BCUT2D eigenvalue weighted by Crippen LogP contribution is 2.36. The van der Waals surface area contributed by atoms with Crippen LogP contribution >= 0.6 is 11.6 Å². The quantitative estimate of drug-likeness (QED) is 0.716. The summed E-state index contributed by atoms with van der Waals surface area (Å²) in [6, 6.07) is 1.85. The maximum absolute atomic E-state index is 12.7. The lowest BCUT2D eigenvalue weighted by Gasteiger charge is -2.23. The Labute approximate surface area is 162 Å². The van der Waals surface area contributed by atoms with Crippen LogP contribution in [-0.2, 0) is 15.7 Å². The minimum atomic E-state index is -4.53. The van der Waals surface area contributed by atoms with Crippen molar-refractivity contribution < 1.29 is 22.7 Å². The summed E-state index contributed by atoms with van der Waals surface area (Å²) in [5.41, 5.74) is -2.06. The summed E-state index contributed by atoms with van der Waals surface area (Å²) in [6.45, 7) is 2.52. The standard InChI is InChI=1S/C17H16ClF3N4O3/c1-16(15(27)28-2)5-6-24(9-16)11-8-23-25(14(26)13(11)18)12-4-3-10(7-22-12)17(19,20)21/h3-4,7-8H,5-6,9H2,1-2H3. The minimum absolute atomic E-state index is 0.0905. The van der Waals surface area contributed by atoms with Crippen molar-refractivity contribution in [3.8, 4) is 5.82 Å². The van der Waals surface area contributed by atoms with Gasteiger partial charge in [-0.3, -0.25) is 9.59 Å². The lowest BCUT2D eigenvalue weighted by atomic mass is 9.90. The molecular formula is C17H16ClF3N4O3. The molecule has 2 aromatic heterocycles. The zero-order valence-electron chi connectivity index (χ0n) is 15.0. The number of hydrogen-bond donors (Lipinski definition) is 0. The fourth-order valence-corrected chi connectivity index (χ4v) is 3.31. The molecule has 11 heteroatoms. The molecule has 1 fully saturated rings. The number of halogens is 4. The molecule has 3 rings (SSSR count). The first-order valence-corrected chi connectivity index (χ1v) is 8.59. The number of ether oxygens (including phenoxy) is 1. The molecule has 0 saturated carbocycles. The van der Waals surface area contributed by atoms with Gasteiger partial charge in [-0.05, 0) is 25.5 Å². The number of aromatic nitrogens is 3. The van der Waals surface area contributed by atoms with Gasteiger partial charge in [-0.2, -0.15) is 23.0 Å². The molecule has 1 atom stereocenters. The molecule has 0 N–H and O–H groups in total. The number of nitrogens with zero attached hydrogens (tertiary/aromatic N) is 4. The number of anilines is 1. The Balaban J connectivity index is 1.90. The van der Waals surface area contributed by atoms with Crippen LogP contribution in [0.2, 0.25) is 5.02 Å². The van der Waals surface area contributed by atoms with Gasteiger partial charge in [0, 0.05) is 19.3 Å². The van der Waals surface area contributed by atoms with Crippen LogP contribution in [0, 0.1) is 5.41 Å². The first-order valence-electron chi connectivity index (χ1n) is 8.21. The van der Waals surface area contributed by atoms with Crippen molar-refractivity contribution in [2.24, 2.45) is 5.41 Å². The fraction of sp³-hybridized carbons (Fsp3) is 0.412. The molecule has 1 aliphatic heterocycles. The van der Waals surface area contributed by atoms with Gasteiger partial charge < -0.3 is 9.64 Å². The Morgan fingerprint density at radius 3 is 2.61 bits per heavy atom. The predicted molar refractivity (Wildman–Crippen MR) is 94.6 cm³/mol. The first-order chi connectivity index (χ1) is 13.1. The third-order valence-electron chi connectivity index (χ3n) is 4.68. The van der Waals surface area contributed by atoms with Crippen LogP contribution in [-0.4, -0.2) is 40.9 Å². The van der Waals surface area contributed by atoms with Crippen LogP contribution in [0.3, 0.4) is 0 Å². The normalized spacial score (nSPS) is 19.7. The molecule has 1 unspecified atom stereocenters. The van der Waals surface area contributed by atoms with Crippen molar-refractivity contribution in [1.29, 1.82) is 0 Å². The number of carbonyl (C=O) groups excluding carboxylic acids is 1. The van der Waals surface area contributed by atoms with Crippen LogP contribution in [0.4, 0.5) is 18.9 Å². The van der Waals surface area contributed by atoms with Gasteiger partial charge in [0.1, 0.15) is 5.02 Å². The SMILES string of the molecule is COC(=O)C1(C)CCN(c2cnn(-c3ccc(C(F)(F)F)cn3)c(=O)c2Cl)C1. The summed E-state index contributed by atoms with van der Waals surface area (Å²) < 4.78 is 43.6. The number of esters is 1. The van der Waals surface area contributed by atoms with Gasteiger partial charge in [-0.1, -0.05) is 11.6 Å². The van der Waals surface area contributed by atoms with Crippen molar-refractivity contribution in [2.45, 2.75) is 19.5 Å². The average Bonchev–Trinajstić information content (AvgIpc) is 3.06. The Morgan fingerprint density at radius 1 is 1.32 bits per heavy atom. The van der Waals surface area contributed by atoms with Gasteiger partial charge in [0.2, 0.25) is 0 Å². The monoisotopic (exact) mass is 416 g/mol. The summed E-state index contributed by atoms with van der Waals surface area (Å²) in [5, 5.41) is 3.82. The molecule has 0 aromatic carbocycles. The van der Waals surface area contributed by atoms with Crippen molar-refractivity contribution in [3.63, 3.8) is 0 Å². The second-order valence-electron chi connectivity index (χ2n) is 6.69. The van der Waals surface area contributed by atoms with E-state index >= 15 is 0 Å². The van der Waals surface area contributed by atoms with E-state index < -0.39 is 22.7 Å². The average molecular weight is 417 g/mol. The molecular weight excluding hydrogens is 401 g/mol. The van der Waals surface area contributed by atoms with E-state index in [0.717, 1.165) is 16.8 Å². The van der Waals surface area contributed by atoms with E-state index in [0.29, 0.717) is 31.4 Å². The number of methoxy groups -OCH3 is 1. The van der Waals surface area contributed by atoms with Crippen molar-refractivity contribution >= 4 is 23.3 Å². The number of alkyl halides is 3. The number of carbonyl (C=O) groups is 1. The van der Waals surface area contributed by atoms with E-state index in [9.17, 15) is 22.8 Å². The van der Waals surface area contributed by atoms with Gasteiger partial charge in [-0.15, -0.1) is 0 Å². The molecule has 0 radical (unpaired) electrons. The zero-order valence-corrected chi connectivity index (χ0v) is 15.7. The second kappa shape index (κ2) is 7.08. The lowest BCUT2D eigenvalue weighted by molar-refractivity contribution is -0.150. The van der Waals surface area contributed by atoms with Gasteiger partial charge >= 0.3 is 12.1 Å². The van der Waals surface area contributed by atoms with E-state index in [1.165, 1.54) is 13.3 Å². The van der Waals surface area contributed by atoms with Gasteiger partial charge in [0.05, 0.1) is 30.0 Å². The van der Waals surface area contributed by atoms with Crippen LogP contribution in [0.25, 0.3) is 5.82 Å². The van der Waals surface area contributed by atoms with Crippen molar-refractivity contribution in [3.05, 3.63) is 45.5 Å². The third kappa shape index (κ3) is 3.56. The van der Waals surface area contributed by atoms with Crippen LogP contribution in [0.5, 0.6) is 0 Å². The Bertz CT molecular complexity index is 962. The topological polar surface area (TPSA) is 77.3 Å². The summed E-state index contributed by atoms with van der Waals surface area (Å²) in [4.78, 5) is 29.9. The van der Waals surface area contributed by atoms with Crippen LogP contribution in [0.15, 0.2) is 29.3 Å². The Morgan fingerprint density at radius 2 is 2.04 bits per heavy atom. The number of pyridine rings is 1. The highest BCUT2D eigenvalue weighted by molar-refractivity contribution is 6.33. The predicted octanol–water partition coefficient (Wildman–Crippen LogP) is 2.69. The van der Waals surface area contributed by atoms with Crippen molar-refractivity contribution in [1.82, 2.24) is 14.8 Å². The number of hydrogen-bond acceptors (Lipinski definition) is 6. The van der Waals surface area contributed by atoms with Crippen LogP contribution in [0.1, 0.15) is 18.9 Å². The molecule has 2 aromatic rings. The molecule has 0 spiro atoms. The summed E-state index contributed by atoms with van der Waals surface area (Å²) in [5.74, 6) is -0.450. The highest BCUT2D eigenvalue weighted by Gasteiger charge is 2.42. The molecule has 150 valence electrons. The largest absolute Gasteiger partial charge is 0.469 e. The molecule has 0 aliphatic carbocycles. The maximum atomic E-state index is 12.7. The maximum Gasteiger partial charge on any atom is 0.417 e. The Kier molecular flexibility index (Phi) is 5.09. The van der Waals surface area contributed by atoms with E-state index in [4.69, 9.17) is 16.3 Å². The van der Waals surface area contributed by atoms with Gasteiger partial charge in [0.15, 0.2) is 5.82 Å². The number of rotatable bonds is 3. The molecule has 7 nitrogen and oxygen atoms in total. The van der Waals surface area contributed by atoms with E-state index in [1.807, 2.05) is 0 Å². The van der Waals surface area contributed by atoms with Crippen molar-refractivity contribution in [2.75, 3.05) is 25.1 Å². The molecule has 0 amide bonds. The molecule has 28 heavy (non-hydrogen) atoms. The zero-order chi connectivity index (χ0) is 20.7. The molecule has 1 aliphatic rings. The van der Waals surface area contributed by atoms with E-state index in [-0.39, 0.29) is 16.8 Å². The second-order valence-corrected chi connectivity index (χ2v) is 7.07. The highest BCUT2D eigenvalue weighted by atomic mass is 35.5. The third-order valence-corrected chi connectivity index (χ3v) is 5.04. The van der Waals surface area contributed by atoms with Gasteiger partial charge in [-0.25, -0.2) is 4.98 Å². The molecule has 0 bridgehead atoms. The summed E-state index contributed by atoms with van der Waals surface area (Å²) in [6.07, 6.45) is -2.08. The molecule has 3 heterocycles.